The van der Waals surface area contributed by atoms with Crippen molar-refractivity contribution in [1.29, 1.82) is 0 Å². The predicted molar refractivity (Wildman–Crippen MR) is 49.7 cm³/mol. The van der Waals surface area contributed by atoms with E-state index in [-0.39, 0.29) is 5.13 Å². The van der Waals surface area contributed by atoms with Gasteiger partial charge in [-0.25, -0.2) is 0 Å². The molecule has 0 aliphatic heterocycles. The maximum Gasteiger partial charge on any atom is 0.176 e. The molecule has 11 heavy (non-hydrogen) atoms. The number of halogens is 1. The van der Waals surface area contributed by atoms with Gasteiger partial charge in [0.25, 0.3) is 0 Å². The molecule has 0 aromatic carbocycles. The molecule has 0 bridgehead atoms. The SMILES string of the molecule is CC.CC(C)c1ccc(F)s1. The molecular weight excluding hydrogens is 159 g/mol. The molecule has 0 saturated carbocycles. The van der Waals surface area contributed by atoms with Crippen LogP contribution >= 0.6 is 11.3 Å². The average Bonchev–Trinajstić information content (AvgIpc) is 2.40. The highest BCUT2D eigenvalue weighted by Gasteiger charge is 2.01. The normalized spacial score (nSPS) is 9.27. The van der Waals surface area contributed by atoms with Crippen LogP contribution < -0.4 is 0 Å². The number of hydrogen-bond acceptors (Lipinski definition) is 1. The second-order valence-electron chi connectivity index (χ2n) is 2.30. The minimum absolute atomic E-state index is 0.0845. The third-order valence-electron chi connectivity index (χ3n) is 1.16. The second-order valence-corrected chi connectivity index (χ2v) is 3.36. The van der Waals surface area contributed by atoms with Gasteiger partial charge in [-0.3, -0.25) is 0 Å². The molecule has 1 heterocycles. The first kappa shape index (κ1) is 10.6. The summed E-state index contributed by atoms with van der Waals surface area (Å²) in [5.74, 6) is 0.458. The van der Waals surface area contributed by atoms with E-state index in [0.29, 0.717) is 5.92 Å². The van der Waals surface area contributed by atoms with Crippen LogP contribution in [0.5, 0.6) is 0 Å². The summed E-state index contributed by atoms with van der Waals surface area (Å²) in [4.78, 5) is 1.12. The van der Waals surface area contributed by atoms with Crippen molar-refractivity contribution in [1.82, 2.24) is 0 Å². The lowest BCUT2D eigenvalue weighted by Gasteiger charge is -1.95. The van der Waals surface area contributed by atoms with Crippen LogP contribution in [0, 0.1) is 5.13 Å². The smallest absolute Gasteiger partial charge is 0.176 e. The second kappa shape index (κ2) is 5.30. The first-order chi connectivity index (χ1) is 5.20. The van der Waals surface area contributed by atoms with Crippen LogP contribution in [0.4, 0.5) is 4.39 Å². The van der Waals surface area contributed by atoms with Crippen LogP contribution in [0.2, 0.25) is 0 Å². The fourth-order valence-electron chi connectivity index (χ4n) is 0.639. The molecular formula is C9H15FS. The largest absolute Gasteiger partial charge is 0.195 e. The van der Waals surface area contributed by atoms with Crippen molar-refractivity contribution in [3.63, 3.8) is 0 Å². The highest BCUT2D eigenvalue weighted by Crippen LogP contribution is 2.22. The first-order valence-corrected chi connectivity index (χ1v) is 4.77. The Kier molecular flexibility index (Phi) is 5.12. The molecule has 0 spiro atoms. The van der Waals surface area contributed by atoms with Gasteiger partial charge in [0.05, 0.1) is 0 Å². The maximum atomic E-state index is 12.3. The van der Waals surface area contributed by atoms with Gasteiger partial charge in [-0.1, -0.05) is 27.7 Å². The summed E-state index contributed by atoms with van der Waals surface area (Å²) in [6.45, 7) is 8.12. The molecule has 0 aliphatic carbocycles. The van der Waals surface area contributed by atoms with Crippen molar-refractivity contribution in [2.24, 2.45) is 0 Å². The van der Waals surface area contributed by atoms with Crippen molar-refractivity contribution in [2.75, 3.05) is 0 Å². The monoisotopic (exact) mass is 174 g/mol. The Labute approximate surface area is 72.1 Å². The van der Waals surface area contributed by atoms with Crippen LogP contribution in [0.3, 0.4) is 0 Å². The van der Waals surface area contributed by atoms with E-state index in [1.807, 2.05) is 19.9 Å². The molecule has 0 unspecified atom stereocenters. The zero-order valence-electron chi connectivity index (χ0n) is 7.52. The van der Waals surface area contributed by atoms with Crippen molar-refractivity contribution in [3.05, 3.63) is 22.1 Å². The van der Waals surface area contributed by atoms with Crippen molar-refractivity contribution in [2.45, 2.75) is 33.6 Å². The Balaban J connectivity index is 0.000000461. The maximum absolute atomic E-state index is 12.3. The summed E-state index contributed by atoms with van der Waals surface area (Å²) in [7, 11) is 0. The van der Waals surface area contributed by atoms with E-state index >= 15 is 0 Å². The van der Waals surface area contributed by atoms with Crippen LogP contribution in [0.1, 0.15) is 38.5 Å². The Morgan fingerprint density at radius 2 is 1.82 bits per heavy atom. The lowest BCUT2D eigenvalue weighted by molar-refractivity contribution is 0.657. The standard InChI is InChI=1S/C7H9FS.C2H6/c1-5(2)6-3-4-7(8)9-6;1-2/h3-5H,1-2H3;1-2H3. The highest BCUT2D eigenvalue weighted by molar-refractivity contribution is 7.10. The zero-order chi connectivity index (χ0) is 8.85. The van der Waals surface area contributed by atoms with Gasteiger partial charge in [-0.05, 0) is 18.1 Å². The van der Waals surface area contributed by atoms with E-state index in [1.54, 1.807) is 0 Å². The van der Waals surface area contributed by atoms with Crippen molar-refractivity contribution < 1.29 is 4.39 Å². The van der Waals surface area contributed by atoms with Gasteiger partial charge in [0.15, 0.2) is 5.13 Å². The van der Waals surface area contributed by atoms with Crippen molar-refractivity contribution >= 4 is 11.3 Å². The summed E-state index contributed by atoms with van der Waals surface area (Å²) in [6, 6.07) is 3.35. The van der Waals surface area contributed by atoms with E-state index in [2.05, 4.69) is 13.8 Å². The predicted octanol–water partition coefficient (Wildman–Crippen LogP) is 4.04. The molecule has 2 heteroatoms. The van der Waals surface area contributed by atoms with Gasteiger partial charge in [0, 0.05) is 4.88 Å². The number of hydrogen-bond donors (Lipinski definition) is 0. The zero-order valence-corrected chi connectivity index (χ0v) is 8.33. The van der Waals surface area contributed by atoms with Gasteiger partial charge >= 0.3 is 0 Å². The Hall–Kier alpha value is -0.370. The quantitative estimate of drug-likeness (QED) is 0.603. The molecule has 1 aromatic rings. The summed E-state index contributed by atoms with van der Waals surface area (Å²) >= 11 is 1.23. The topological polar surface area (TPSA) is 0 Å². The summed E-state index contributed by atoms with van der Waals surface area (Å²) < 4.78 is 12.3. The van der Waals surface area contributed by atoms with E-state index in [0.717, 1.165) is 4.88 Å². The molecule has 0 atom stereocenters. The Bertz CT molecular complexity index is 191. The third-order valence-corrected chi connectivity index (χ3v) is 2.34. The molecule has 0 nitrogen and oxygen atoms in total. The Morgan fingerprint density at radius 3 is 2.00 bits per heavy atom. The van der Waals surface area contributed by atoms with Gasteiger partial charge in [-0.15, -0.1) is 11.3 Å². The average molecular weight is 174 g/mol. The lowest BCUT2D eigenvalue weighted by atomic mass is 10.2. The molecule has 1 rings (SSSR count). The van der Waals surface area contributed by atoms with E-state index in [9.17, 15) is 4.39 Å². The minimum atomic E-state index is -0.0845. The third kappa shape index (κ3) is 3.51. The lowest BCUT2D eigenvalue weighted by Crippen LogP contribution is -1.77. The summed E-state index contributed by atoms with van der Waals surface area (Å²) in [6.07, 6.45) is 0. The number of thiophene rings is 1. The minimum Gasteiger partial charge on any atom is -0.195 e. The molecule has 0 N–H and O–H groups in total. The first-order valence-electron chi connectivity index (χ1n) is 3.95. The van der Waals surface area contributed by atoms with Crippen molar-refractivity contribution in [3.8, 4) is 0 Å². The van der Waals surface area contributed by atoms with E-state index in [4.69, 9.17) is 0 Å². The molecule has 0 amide bonds. The van der Waals surface area contributed by atoms with Gasteiger partial charge < -0.3 is 0 Å². The molecule has 0 fully saturated rings. The van der Waals surface area contributed by atoms with Gasteiger partial charge in [0.2, 0.25) is 0 Å². The molecule has 1 aromatic heterocycles. The number of rotatable bonds is 1. The Morgan fingerprint density at radius 1 is 1.27 bits per heavy atom. The van der Waals surface area contributed by atoms with Crippen LogP contribution in [-0.2, 0) is 0 Å². The van der Waals surface area contributed by atoms with Gasteiger partial charge in [0.1, 0.15) is 0 Å². The summed E-state index contributed by atoms with van der Waals surface area (Å²) in [5, 5.41) is -0.0845. The molecule has 64 valence electrons. The van der Waals surface area contributed by atoms with Crippen LogP contribution in [-0.4, -0.2) is 0 Å². The van der Waals surface area contributed by atoms with E-state index in [1.165, 1.54) is 17.4 Å². The van der Waals surface area contributed by atoms with E-state index < -0.39 is 0 Å². The summed E-state index contributed by atoms with van der Waals surface area (Å²) in [5.41, 5.74) is 0. The van der Waals surface area contributed by atoms with Gasteiger partial charge in [-0.2, -0.15) is 4.39 Å². The van der Waals surface area contributed by atoms with Crippen LogP contribution in [0.15, 0.2) is 12.1 Å². The fraction of sp³-hybridized carbons (Fsp3) is 0.556. The molecule has 0 radical (unpaired) electrons. The molecule has 0 aliphatic rings. The fourth-order valence-corrected chi connectivity index (χ4v) is 1.37. The van der Waals surface area contributed by atoms with Crippen LogP contribution in [0.25, 0.3) is 0 Å². The highest BCUT2D eigenvalue weighted by atomic mass is 32.1. The molecule has 0 saturated heterocycles.